The molecule has 28 heavy (non-hydrogen) atoms. The lowest BCUT2D eigenvalue weighted by Gasteiger charge is -2.34. The van der Waals surface area contributed by atoms with Crippen molar-refractivity contribution >= 4 is 11.6 Å². The Labute approximate surface area is 167 Å². The first-order valence-corrected chi connectivity index (χ1v) is 10.5. The van der Waals surface area contributed by atoms with Crippen LogP contribution in [0, 0.1) is 0 Å². The highest BCUT2D eigenvalue weighted by Crippen LogP contribution is 2.32. The van der Waals surface area contributed by atoms with Gasteiger partial charge in [0.25, 0.3) is 0 Å². The van der Waals surface area contributed by atoms with Crippen molar-refractivity contribution in [1.29, 1.82) is 0 Å². The Bertz CT molecular complexity index is 788. The largest absolute Gasteiger partial charge is 0.490 e. The maximum Gasteiger partial charge on any atom is 0.217 e. The summed E-state index contributed by atoms with van der Waals surface area (Å²) in [4.78, 5) is 13.7. The molecule has 0 aromatic heterocycles. The average molecular weight is 379 g/mol. The Morgan fingerprint density at radius 1 is 1.00 bits per heavy atom. The summed E-state index contributed by atoms with van der Waals surface area (Å²) in [7, 11) is 0. The van der Waals surface area contributed by atoms with Gasteiger partial charge in [-0.3, -0.25) is 4.79 Å². The van der Waals surface area contributed by atoms with Crippen LogP contribution >= 0.6 is 0 Å². The zero-order valence-corrected chi connectivity index (χ0v) is 16.9. The van der Waals surface area contributed by atoms with E-state index >= 15 is 0 Å². The standard InChI is InChI=1S/C24H30N2O2/c1-17(25-18(2)27)19-3-5-20(6-4-19)21-13-15-26(16-14-21)22-7-9-23(10-8-22)28-24-11-12-24/h3-10,17,21,24H,11-16H2,1-2H3,(H,25,27). The van der Waals surface area contributed by atoms with Gasteiger partial charge in [-0.15, -0.1) is 0 Å². The molecule has 4 nitrogen and oxygen atoms in total. The van der Waals surface area contributed by atoms with Gasteiger partial charge < -0.3 is 15.0 Å². The van der Waals surface area contributed by atoms with Crippen molar-refractivity contribution in [2.75, 3.05) is 18.0 Å². The molecule has 2 aromatic carbocycles. The maximum absolute atomic E-state index is 11.2. The molecule has 1 saturated heterocycles. The highest BCUT2D eigenvalue weighted by molar-refractivity contribution is 5.73. The molecule has 0 radical (unpaired) electrons. The number of rotatable bonds is 6. The van der Waals surface area contributed by atoms with Crippen molar-refractivity contribution in [3.05, 3.63) is 59.7 Å². The Morgan fingerprint density at radius 2 is 1.64 bits per heavy atom. The quantitative estimate of drug-likeness (QED) is 0.784. The number of anilines is 1. The van der Waals surface area contributed by atoms with E-state index in [4.69, 9.17) is 4.74 Å². The van der Waals surface area contributed by atoms with Crippen molar-refractivity contribution in [2.45, 2.75) is 57.6 Å². The second-order valence-corrected chi connectivity index (χ2v) is 8.16. The number of carbonyl (C=O) groups excluding carboxylic acids is 1. The summed E-state index contributed by atoms with van der Waals surface area (Å²) in [5.74, 6) is 1.62. The van der Waals surface area contributed by atoms with E-state index < -0.39 is 0 Å². The molecule has 1 aliphatic carbocycles. The number of carbonyl (C=O) groups is 1. The SMILES string of the molecule is CC(=O)NC(C)c1ccc(C2CCN(c3ccc(OC4CC4)cc3)CC2)cc1. The minimum absolute atomic E-state index is 0.0103. The Balaban J connectivity index is 1.31. The van der Waals surface area contributed by atoms with Crippen LogP contribution in [-0.4, -0.2) is 25.1 Å². The second-order valence-electron chi connectivity index (χ2n) is 8.16. The number of hydrogen-bond donors (Lipinski definition) is 1. The Hall–Kier alpha value is -2.49. The molecule has 4 rings (SSSR count). The van der Waals surface area contributed by atoms with Crippen LogP contribution in [0.1, 0.15) is 62.6 Å². The van der Waals surface area contributed by atoms with Crippen molar-refractivity contribution in [3.8, 4) is 5.75 Å². The molecule has 148 valence electrons. The van der Waals surface area contributed by atoms with Crippen molar-refractivity contribution in [2.24, 2.45) is 0 Å². The Morgan fingerprint density at radius 3 is 2.21 bits per heavy atom. The van der Waals surface area contributed by atoms with Gasteiger partial charge >= 0.3 is 0 Å². The van der Waals surface area contributed by atoms with E-state index in [-0.39, 0.29) is 11.9 Å². The molecule has 2 fully saturated rings. The summed E-state index contributed by atoms with van der Waals surface area (Å²) in [5, 5.41) is 2.95. The predicted molar refractivity (Wildman–Crippen MR) is 113 cm³/mol. The second kappa shape index (κ2) is 8.26. The molecule has 1 N–H and O–H groups in total. The molecule has 2 aliphatic rings. The van der Waals surface area contributed by atoms with E-state index in [0.29, 0.717) is 12.0 Å². The zero-order chi connectivity index (χ0) is 19.5. The maximum atomic E-state index is 11.2. The number of nitrogens with one attached hydrogen (secondary N) is 1. The predicted octanol–water partition coefficient (Wildman–Crippen LogP) is 4.81. The topological polar surface area (TPSA) is 41.6 Å². The van der Waals surface area contributed by atoms with E-state index in [1.807, 2.05) is 6.92 Å². The van der Waals surface area contributed by atoms with Gasteiger partial charge in [-0.25, -0.2) is 0 Å². The number of benzene rings is 2. The number of piperidine rings is 1. The van der Waals surface area contributed by atoms with Crippen LogP contribution in [0.5, 0.6) is 5.75 Å². The summed E-state index contributed by atoms with van der Waals surface area (Å²) in [6, 6.07) is 17.4. The minimum Gasteiger partial charge on any atom is -0.490 e. The molecule has 1 atom stereocenters. The molecular formula is C24H30N2O2. The number of nitrogens with zero attached hydrogens (tertiary/aromatic N) is 1. The van der Waals surface area contributed by atoms with E-state index in [1.54, 1.807) is 6.92 Å². The normalized spacial score (nSPS) is 18.6. The number of amides is 1. The van der Waals surface area contributed by atoms with Gasteiger partial charge in [0.05, 0.1) is 12.1 Å². The third-order valence-electron chi connectivity index (χ3n) is 5.85. The molecule has 1 amide bonds. The summed E-state index contributed by atoms with van der Waals surface area (Å²) >= 11 is 0. The molecule has 0 spiro atoms. The van der Waals surface area contributed by atoms with Gasteiger partial charge in [-0.05, 0) is 73.9 Å². The van der Waals surface area contributed by atoms with Gasteiger partial charge in [0, 0.05) is 25.7 Å². The van der Waals surface area contributed by atoms with Crippen molar-refractivity contribution in [3.63, 3.8) is 0 Å². The first-order valence-electron chi connectivity index (χ1n) is 10.5. The van der Waals surface area contributed by atoms with Gasteiger partial charge in [0.15, 0.2) is 0 Å². The number of ether oxygens (including phenoxy) is 1. The third kappa shape index (κ3) is 4.67. The monoisotopic (exact) mass is 378 g/mol. The van der Waals surface area contributed by atoms with Gasteiger partial charge in [0.2, 0.25) is 5.91 Å². The molecule has 1 heterocycles. The lowest BCUT2D eigenvalue weighted by molar-refractivity contribution is -0.119. The fourth-order valence-electron chi connectivity index (χ4n) is 4.03. The lowest BCUT2D eigenvalue weighted by Crippen LogP contribution is -2.32. The first-order chi connectivity index (χ1) is 13.6. The van der Waals surface area contributed by atoms with Crippen molar-refractivity contribution in [1.82, 2.24) is 5.32 Å². The van der Waals surface area contributed by atoms with E-state index in [1.165, 1.54) is 36.9 Å². The third-order valence-corrected chi connectivity index (χ3v) is 5.85. The highest BCUT2D eigenvalue weighted by atomic mass is 16.5. The molecule has 0 bridgehead atoms. The molecule has 1 saturated carbocycles. The van der Waals surface area contributed by atoms with Crippen LogP contribution in [0.15, 0.2) is 48.5 Å². The van der Waals surface area contributed by atoms with Crippen LogP contribution in [0.4, 0.5) is 5.69 Å². The van der Waals surface area contributed by atoms with Gasteiger partial charge in [-0.2, -0.15) is 0 Å². The smallest absolute Gasteiger partial charge is 0.217 e. The van der Waals surface area contributed by atoms with Crippen LogP contribution < -0.4 is 15.0 Å². The lowest BCUT2D eigenvalue weighted by atomic mass is 9.88. The van der Waals surface area contributed by atoms with E-state index in [2.05, 4.69) is 58.7 Å². The molecular weight excluding hydrogens is 348 g/mol. The van der Waals surface area contributed by atoms with Crippen LogP contribution in [-0.2, 0) is 4.79 Å². The van der Waals surface area contributed by atoms with Crippen LogP contribution in [0.2, 0.25) is 0 Å². The summed E-state index contributed by atoms with van der Waals surface area (Å²) in [6.45, 7) is 5.75. The van der Waals surface area contributed by atoms with Crippen LogP contribution in [0.25, 0.3) is 0 Å². The zero-order valence-electron chi connectivity index (χ0n) is 16.9. The first kappa shape index (κ1) is 18.9. The fraction of sp³-hybridized carbons (Fsp3) is 0.458. The van der Waals surface area contributed by atoms with E-state index in [0.717, 1.165) is 24.4 Å². The molecule has 1 unspecified atom stereocenters. The number of hydrogen-bond acceptors (Lipinski definition) is 3. The average Bonchev–Trinajstić information content (AvgIpc) is 3.52. The van der Waals surface area contributed by atoms with Gasteiger partial charge in [0.1, 0.15) is 5.75 Å². The van der Waals surface area contributed by atoms with Crippen LogP contribution in [0.3, 0.4) is 0 Å². The molecule has 1 aliphatic heterocycles. The highest BCUT2D eigenvalue weighted by Gasteiger charge is 2.24. The molecule has 4 heteroatoms. The minimum atomic E-state index is 0.0103. The van der Waals surface area contributed by atoms with E-state index in [9.17, 15) is 4.79 Å². The molecule has 2 aromatic rings. The van der Waals surface area contributed by atoms with Gasteiger partial charge in [-0.1, -0.05) is 24.3 Å². The summed E-state index contributed by atoms with van der Waals surface area (Å²) in [6.07, 6.45) is 5.18. The fourth-order valence-corrected chi connectivity index (χ4v) is 4.03. The summed E-state index contributed by atoms with van der Waals surface area (Å²) < 4.78 is 5.85. The Kier molecular flexibility index (Phi) is 5.56. The van der Waals surface area contributed by atoms with Crippen molar-refractivity contribution < 1.29 is 9.53 Å². The summed E-state index contributed by atoms with van der Waals surface area (Å²) in [5.41, 5.74) is 3.86.